The second kappa shape index (κ2) is 9.28. The topological polar surface area (TPSA) is 109 Å². The van der Waals surface area contributed by atoms with Crippen molar-refractivity contribution in [3.63, 3.8) is 0 Å². The fourth-order valence-electron chi connectivity index (χ4n) is 4.81. The number of hydrogen-bond acceptors (Lipinski definition) is 8. The van der Waals surface area contributed by atoms with E-state index in [0.717, 1.165) is 6.42 Å². The van der Waals surface area contributed by atoms with Gasteiger partial charge in [0.05, 0.1) is 6.04 Å². The number of likely N-dealkylation sites (N-methyl/N-ethyl adjacent to an activating group) is 1. The van der Waals surface area contributed by atoms with Gasteiger partial charge in [0.2, 0.25) is 5.95 Å². The number of ether oxygens (including phenoxy) is 2. The fourth-order valence-corrected chi connectivity index (χ4v) is 4.81. The predicted octanol–water partition coefficient (Wildman–Crippen LogP) is 2.56. The molecule has 11 heteroatoms. The van der Waals surface area contributed by atoms with Gasteiger partial charge in [0.15, 0.2) is 0 Å². The molecule has 0 aromatic carbocycles. The summed E-state index contributed by atoms with van der Waals surface area (Å²) < 4.78 is 25.1. The van der Waals surface area contributed by atoms with Crippen LogP contribution in [0.2, 0.25) is 0 Å². The molecule has 2 aliphatic heterocycles. The first-order chi connectivity index (χ1) is 15.6. The molecule has 2 saturated heterocycles. The van der Waals surface area contributed by atoms with Gasteiger partial charge in [-0.1, -0.05) is 0 Å². The van der Waals surface area contributed by atoms with E-state index < -0.39 is 17.9 Å². The van der Waals surface area contributed by atoms with Crippen molar-refractivity contribution in [3.05, 3.63) is 12.3 Å². The minimum absolute atomic E-state index is 0.0202. The summed E-state index contributed by atoms with van der Waals surface area (Å²) >= 11 is 0. The SMILES string of the molecule is CN[C@H]1CN(c2nccc(NC(=O)O[C@@H]3C[C@@H]4C[C@H]3CN4C(=O)OC(C)(C)C)n2)CC[C@H]1F. The van der Waals surface area contributed by atoms with E-state index in [1.54, 1.807) is 24.2 Å². The normalized spacial score (nSPS) is 29.2. The Hall–Kier alpha value is -2.69. The highest BCUT2D eigenvalue weighted by Crippen LogP contribution is 2.40. The standard InChI is InChI=1S/C22H33FN6O4/c1-22(2,3)33-21(31)29-11-13-9-14(29)10-17(13)32-20(30)27-18-5-7-25-19(26-18)28-8-6-15(23)16(12-28)24-4/h5,7,13-17,24H,6,8-12H2,1-4H3,(H,25,26,27,30)/t13-,14-,15+,16-,17+/m0/s1. The lowest BCUT2D eigenvalue weighted by Crippen LogP contribution is -2.51. The molecule has 2 bridgehead atoms. The molecule has 1 saturated carbocycles. The lowest BCUT2D eigenvalue weighted by Gasteiger charge is -2.34. The van der Waals surface area contributed by atoms with Gasteiger partial charge < -0.3 is 24.6 Å². The first kappa shape index (κ1) is 23.5. The van der Waals surface area contributed by atoms with Gasteiger partial charge >= 0.3 is 12.2 Å². The Morgan fingerprint density at radius 1 is 1.24 bits per heavy atom. The van der Waals surface area contributed by atoms with Crippen molar-refractivity contribution >= 4 is 24.0 Å². The highest BCUT2D eigenvalue weighted by molar-refractivity contribution is 5.83. The number of amides is 2. The molecular weight excluding hydrogens is 431 g/mol. The zero-order valence-electron chi connectivity index (χ0n) is 19.6. The molecule has 2 N–H and O–H groups in total. The number of piperidine rings is 2. The molecule has 5 atom stereocenters. The minimum atomic E-state index is -0.907. The highest BCUT2D eigenvalue weighted by atomic mass is 19.1. The predicted molar refractivity (Wildman–Crippen MR) is 120 cm³/mol. The zero-order chi connectivity index (χ0) is 23.8. The van der Waals surface area contributed by atoms with Gasteiger partial charge in [0.1, 0.15) is 23.7 Å². The molecule has 1 aromatic heterocycles. The second-order valence-electron chi connectivity index (χ2n) is 9.97. The number of carbonyl (C=O) groups is 2. The third kappa shape index (κ3) is 5.45. The van der Waals surface area contributed by atoms with Crippen LogP contribution in [0.15, 0.2) is 12.3 Å². The van der Waals surface area contributed by atoms with E-state index in [2.05, 4.69) is 20.6 Å². The van der Waals surface area contributed by atoms with E-state index in [4.69, 9.17) is 9.47 Å². The number of hydrogen-bond donors (Lipinski definition) is 2. The van der Waals surface area contributed by atoms with Gasteiger partial charge in [-0.15, -0.1) is 0 Å². The van der Waals surface area contributed by atoms with Crippen LogP contribution in [0.1, 0.15) is 40.0 Å². The van der Waals surface area contributed by atoms with Crippen molar-refractivity contribution in [1.29, 1.82) is 0 Å². The second-order valence-corrected chi connectivity index (χ2v) is 9.97. The van der Waals surface area contributed by atoms with Crippen LogP contribution in [0.25, 0.3) is 0 Å². The Morgan fingerprint density at radius 2 is 2.03 bits per heavy atom. The smallest absolute Gasteiger partial charge is 0.413 e. The summed E-state index contributed by atoms with van der Waals surface area (Å²) in [6, 6.07) is 1.32. The molecule has 3 aliphatic rings. The maximum Gasteiger partial charge on any atom is 0.413 e. The van der Waals surface area contributed by atoms with E-state index in [1.807, 2.05) is 25.7 Å². The van der Waals surface area contributed by atoms with Crippen molar-refractivity contribution in [2.45, 2.75) is 70.0 Å². The van der Waals surface area contributed by atoms with E-state index in [1.165, 1.54) is 0 Å². The average Bonchev–Trinajstić information content (AvgIpc) is 3.33. The van der Waals surface area contributed by atoms with Crippen LogP contribution >= 0.6 is 0 Å². The van der Waals surface area contributed by atoms with Gasteiger partial charge in [-0.25, -0.2) is 19.0 Å². The third-order valence-corrected chi connectivity index (χ3v) is 6.42. The number of nitrogens with zero attached hydrogens (tertiary/aromatic N) is 4. The molecule has 1 aliphatic carbocycles. The van der Waals surface area contributed by atoms with Gasteiger partial charge in [0.25, 0.3) is 0 Å². The maximum absolute atomic E-state index is 14.0. The third-order valence-electron chi connectivity index (χ3n) is 6.42. The van der Waals surface area contributed by atoms with Crippen LogP contribution in [0.3, 0.4) is 0 Å². The Bertz CT molecular complexity index is 881. The summed E-state index contributed by atoms with van der Waals surface area (Å²) in [5.41, 5.74) is -0.541. The Kier molecular flexibility index (Phi) is 6.60. The first-order valence-electron chi connectivity index (χ1n) is 11.5. The summed E-state index contributed by atoms with van der Waals surface area (Å²) in [6.45, 7) is 7.01. The van der Waals surface area contributed by atoms with Crippen LogP contribution in [-0.2, 0) is 9.47 Å². The average molecular weight is 465 g/mol. The largest absolute Gasteiger partial charge is 0.446 e. The molecule has 10 nitrogen and oxygen atoms in total. The van der Waals surface area contributed by atoms with Gasteiger partial charge in [0, 0.05) is 44.2 Å². The Balaban J connectivity index is 1.29. The number of aromatic nitrogens is 2. The molecule has 33 heavy (non-hydrogen) atoms. The zero-order valence-corrected chi connectivity index (χ0v) is 19.6. The lowest BCUT2D eigenvalue weighted by atomic mass is 10.0. The van der Waals surface area contributed by atoms with Gasteiger partial charge in [-0.05, 0) is 46.7 Å². The monoisotopic (exact) mass is 464 g/mol. The fraction of sp³-hybridized carbons (Fsp3) is 0.727. The van der Waals surface area contributed by atoms with Crippen molar-refractivity contribution < 1.29 is 23.5 Å². The number of nitrogens with one attached hydrogen (secondary N) is 2. The molecule has 2 amide bonds. The van der Waals surface area contributed by atoms with Crippen molar-refractivity contribution in [2.24, 2.45) is 5.92 Å². The summed E-state index contributed by atoms with van der Waals surface area (Å²) in [6.07, 6.45) is 1.27. The summed E-state index contributed by atoms with van der Waals surface area (Å²) in [4.78, 5) is 37.2. The number of anilines is 2. The number of rotatable bonds is 4. The molecule has 0 radical (unpaired) electrons. The summed E-state index contributed by atoms with van der Waals surface area (Å²) in [5, 5.41) is 5.65. The van der Waals surface area contributed by atoms with Crippen molar-refractivity contribution in [2.75, 3.05) is 36.9 Å². The molecule has 0 unspecified atom stereocenters. The van der Waals surface area contributed by atoms with Crippen molar-refractivity contribution in [1.82, 2.24) is 20.2 Å². The molecule has 3 fully saturated rings. The maximum atomic E-state index is 14.0. The number of likely N-dealkylation sites (tertiary alicyclic amines) is 1. The summed E-state index contributed by atoms with van der Waals surface area (Å²) in [7, 11) is 1.73. The molecule has 182 valence electrons. The Morgan fingerprint density at radius 3 is 2.70 bits per heavy atom. The minimum Gasteiger partial charge on any atom is -0.446 e. The van der Waals surface area contributed by atoms with Gasteiger partial charge in [-0.3, -0.25) is 5.32 Å². The quantitative estimate of drug-likeness (QED) is 0.700. The first-order valence-corrected chi connectivity index (χ1v) is 11.5. The number of halogens is 1. The van der Waals surface area contributed by atoms with E-state index in [0.29, 0.717) is 44.2 Å². The van der Waals surface area contributed by atoms with Crippen LogP contribution in [0, 0.1) is 5.92 Å². The molecule has 3 heterocycles. The molecule has 1 aromatic rings. The van der Waals surface area contributed by atoms with Crippen molar-refractivity contribution in [3.8, 4) is 0 Å². The van der Waals surface area contributed by atoms with Crippen LogP contribution in [0.4, 0.5) is 25.7 Å². The highest BCUT2D eigenvalue weighted by Gasteiger charge is 2.49. The van der Waals surface area contributed by atoms with Crippen LogP contribution < -0.4 is 15.5 Å². The number of carbonyl (C=O) groups excluding carboxylic acids is 2. The molecular formula is C22H33FN6O4. The van der Waals surface area contributed by atoms with Gasteiger partial charge in [-0.2, -0.15) is 4.98 Å². The number of fused-ring (bicyclic) bond motifs is 2. The Labute approximate surface area is 193 Å². The van der Waals surface area contributed by atoms with Crippen LogP contribution in [0.5, 0.6) is 0 Å². The molecule has 0 spiro atoms. The van der Waals surface area contributed by atoms with E-state index in [9.17, 15) is 14.0 Å². The number of alkyl halides is 1. The van der Waals surface area contributed by atoms with Crippen LogP contribution in [-0.4, -0.2) is 83.7 Å². The summed E-state index contributed by atoms with van der Waals surface area (Å²) in [5.74, 6) is 0.856. The van der Waals surface area contributed by atoms with E-state index >= 15 is 0 Å². The van der Waals surface area contributed by atoms with E-state index in [-0.39, 0.29) is 30.2 Å². The molecule has 4 rings (SSSR count). The lowest BCUT2D eigenvalue weighted by molar-refractivity contribution is 0.00568.